The van der Waals surface area contributed by atoms with E-state index in [9.17, 15) is 14.4 Å². The van der Waals surface area contributed by atoms with Crippen LogP contribution in [0, 0.1) is 5.92 Å². The van der Waals surface area contributed by atoms with Crippen LogP contribution in [0.3, 0.4) is 0 Å². The lowest BCUT2D eigenvalue weighted by atomic mass is 10.1. The summed E-state index contributed by atoms with van der Waals surface area (Å²) < 4.78 is 0. The molecule has 0 saturated heterocycles. The highest BCUT2D eigenvalue weighted by Crippen LogP contribution is 2.18. The third kappa shape index (κ3) is 5.37. The van der Waals surface area contributed by atoms with E-state index in [1.807, 2.05) is 13.8 Å². The van der Waals surface area contributed by atoms with E-state index in [0.717, 1.165) is 6.42 Å². The smallest absolute Gasteiger partial charge is 0.255 e. The summed E-state index contributed by atoms with van der Waals surface area (Å²) in [6.45, 7) is 4.11. The highest BCUT2D eigenvalue weighted by molar-refractivity contribution is 6.04. The minimum absolute atomic E-state index is 0.0343. The molecule has 1 atom stereocenters. The van der Waals surface area contributed by atoms with E-state index in [1.54, 1.807) is 45.4 Å². The predicted molar refractivity (Wildman–Crippen MR) is 94.8 cm³/mol. The summed E-state index contributed by atoms with van der Waals surface area (Å²) in [5.41, 5.74) is 0.924. The first-order chi connectivity index (χ1) is 11.3. The van der Waals surface area contributed by atoms with Gasteiger partial charge in [0, 0.05) is 40.0 Å². The van der Waals surface area contributed by atoms with Crippen LogP contribution in [0.4, 0.5) is 5.69 Å². The number of amides is 3. The second kappa shape index (κ2) is 9.05. The van der Waals surface area contributed by atoms with Gasteiger partial charge in [-0.25, -0.2) is 0 Å². The van der Waals surface area contributed by atoms with Crippen LogP contribution in [0.2, 0.25) is 0 Å². The Morgan fingerprint density at radius 3 is 2.33 bits per heavy atom. The van der Waals surface area contributed by atoms with Gasteiger partial charge in [0.1, 0.15) is 0 Å². The van der Waals surface area contributed by atoms with Crippen molar-refractivity contribution < 1.29 is 14.4 Å². The molecule has 0 spiro atoms. The molecule has 3 amide bonds. The van der Waals surface area contributed by atoms with Gasteiger partial charge in [-0.2, -0.15) is 0 Å². The van der Waals surface area contributed by atoms with Crippen molar-refractivity contribution in [1.29, 1.82) is 0 Å². The minimum Gasteiger partial charge on any atom is -0.349 e. The Labute approximate surface area is 143 Å². The maximum atomic E-state index is 12.6. The van der Waals surface area contributed by atoms with E-state index in [1.165, 1.54) is 9.80 Å². The number of hydrogen-bond acceptors (Lipinski definition) is 3. The Balaban J connectivity index is 2.83. The molecule has 0 radical (unpaired) electrons. The fourth-order valence-corrected chi connectivity index (χ4v) is 2.01. The summed E-state index contributed by atoms with van der Waals surface area (Å²) in [7, 11) is 5.02. The van der Waals surface area contributed by atoms with Gasteiger partial charge >= 0.3 is 0 Å². The molecule has 0 aromatic heterocycles. The van der Waals surface area contributed by atoms with Crippen molar-refractivity contribution in [2.75, 3.05) is 33.0 Å². The van der Waals surface area contributed by atoms with Crippen LogP contribution >= 0.6 is 0 Å². The molecular weight excluding hydrogens is 306 g/mol. The number of rotatable bonds is 7. The summed E-state index contributed by atoms with van der Waals surface area (Å²) in [5.74, 6) is -0.485. The van der Waals surface area contributed by atoms with Crippen molar-refractivity contribution in [3.05, 3.63) is 29.8 Å². The molecule has 1 rings (SSSR count). The molecule has 0 aliphatic carbocycles. The molecule has 1 aromatic carbocycles. The van der Waals surface area contributed by atoms with E-state index in [0.29, 0.717) is 17.8 Å². The number of hydrogen-bond donors (Lipinski definition) is 1. The van der Waals surface area contributed by atoms with Crippen LogP contribution in [0.25, 0.3) is 0 Å². The fraction of sp³-hybridized carbons (Fsp3) is 0.500. The molecule has 6 heteroatoms. The molecule has 0 heterocycles. The number of carbonyl (C=O) groups is 3. The number of nitrogens with zero attached hydrogens (tertiary/aromatic N) is 2. The lowest BCUT2D eigenvalue weighted by molar-refractivity contribution is -0.128. The number of nitrogens with one attached hydrogen (secondary N) is 1. The fourth-order valence-electron chi connectivity index (χ4n) is 2.01. The molecule has 0 saturated carbocycles. The first kappa shape index (κ1) is 19.7. The molecular formula is C18H27N3O3. The van der Waals surface area contributed by atoms with E-state index in [-0.39, 0.29) is 30.1 Å². The standard InChI is InChI=1S/C18H27N3O3/c1-6-13(2)17(23)19-15-10-8-7-9-14(15)18(24)21(5)12-11-16(22)20(3)4/h7-10,13H,6,11-12H2,1-5H3,(H,19,23). The lowest BCUT2D eigenvalue weighted by Crippen LogP contribution is -2.32. The molecule has 0 bridgehead atoms. The number of para-hydroxylation sites is 1. The van der Waals surface area contributed by atoms with Crippen molar-refractivity contribution in [3.8, 4) is 0 Å². The largest absolute Gasteiger partial charge is 0.349 e. The first-order valence-electron chi connectivity index (χ1n) is 8.13. The van der Waals surface area contributed by atoms with Crippen LogP contribution in [-0.2, 0) is 9.59 Å². The Hall–Kier alpha value is -2.37. The molecule has 0 aliphatic rings. The van der Waals surface area contributed by atoms with E-state index >= 15 is 0 Å². The highest BCUT2D eigenvalue weighted by Gasteiger charge is 2.19. The SMILES string of the molecule is CCC(C)C(=O)Nc1ccccc1C(=O)N(C)CCC(=O)N(C)C. The van der Waals surface area contributed by atoms with Crippen LogP contribution < -0.4 is 5.32 Å². The average molecular weight is 333 g/mol. The van der Waals surface area contributed by atoms with Gasteiger partial charge in [-0.3, -0.25) is 14.4 Å². The van der Waals surface area contributed by atoms with Gasteiger partial charge in [-0.05, 0) is 18.6 Å². The van der Waals surface area contributed by atoms with E-state index in [2.05, 4.69) is 5.32 Å². The van der Waals surface area contributed by atoms with Gasteiger partial charge < -0.3 is 15.1 Å². The number of carbonyl (C=O) groups excluding carboxylic acids is 3. The number of benzene rings is 1. The Morgan fingerprint density at radius 2 is 1.75 bits per heavy atom. The second-order valence-electron chi connectivity index (χ2n) is 6.11. The van der Waals surface area contributed by atoms with Gasteiger partial charge in [0.05, 0.1) is 11.3 Å². The van der Waals surface area contributed by atoms with Crippen LogP contribution in [0.15, 0.2) is 24.3 Å². The molecule has 0 fully saturated rings. The monoisotopic (exact) mass is 333 g/mol. The van der Waals surface area contributed by atoms with Crippen molar-refractivity contribution in [2.24, 2.45) is 5.92 Å². The summed E-state index contributed by atoms with van der Waals surface area (Å²) in [6.07, 6.45) is 0.991. The van der Waals surface area contributed by atoms with Crippen molar-refractivity contribution >= 4 is 23.4 Å². The zero-order valence-corrected chi connectivity index (χ0v) is 15.1. The third-order valence-corrected chi connectivity index (χ3v) is 3.98. The summed E-state index contributed by atoms with van der Waals surface area (Å²) in [5, 5.41) is 2.82. The summed E-state index contributed by atoms with van der Waals surface area (Å²) >= 11 is 0. The Bertz CT molecular complexity index is 599. The molecule has 0 aliphatic heterocycles. The zero-order valence-electron chi connectivity index (χ0n) is 15.1. The Kier molecular flexibility index (Phi) is 7.42. The van der Waals surface area contributed by atoms with Crippen LogP contribution in [0.1, 0.15) is 37.0 Å². The molecule has 132 valence electrons. The first-order valence-corrected chi connectivity index (χ1v) is 8.13. The van der Waals surface area contributed by atoms with Crippen molar-refractivity contribution in [2.45, 2.75) is 26.7 Å². The number of anilines is 1. The maximum Gasteiger partial charge on any atom is 0.255 e. The topological polar surface area (TPSA) is 69.7 Å². The van der Waals surface area contributed by atoms with Gasteiger partial charge in [-0.1, -0.05) is 26.0 Å². The maximum absolute atomic E-state index is 12.6. The van der Waals surface area contributed by atoms with E-state index in [4.69, 9.17) is 0 Å². The third-order valence-electron chi connectivity index (χ3n) is 3.98. The minimum atomic E-state index is -0.221. The average Bonchev–Trinajstić information content (AvgIpc) is 2.58. The quantitative estimate of drug-likeness (QED) is 0.832. The molecule has 1 unspecified atom stereocenters. The van der Waals surface area contributed by atoms with Gasteiger partial charge in [-0.15, -0.1) is 0 Å². The van der Waals surface area contributed by atoms with Gasteiger partial charge in [0.2, 0.25) is 11.8 Å². The van der Waals surface area contributed by atoms with Crippen molar-refractivity contribution in [1.82, 2.24) is 9.80 Å². The van der Waals surface area contributed by atoms with Crippen LogP contribution in [0.5, 0.6) is 0 Å². The lowest BCUT2D eigenvalue weighted by Gasteiger charge is -2.20. The molecule has 24 heavy (non-hydrogen) atoms. The summed E-state index contributed by atoms with van der Waals surface area (Å²) in [6, 6.07) is 6.93. The van der Waals surface area contributed by atoms with Crippen LogP contribution in [-0.4, -0.2) is 55.2 Å². The Morgan fingerprint density at radius 1 is 1.12 bits per heavy atom. The molecule has 1 N–H and O–H groups in total. The van der Waals surface area contributed by atoms with Crippen molar-refractivity contribution in [3.63, 3.8) is 0 Å². The molecule has 1 aromatic rings. The molecule has 6 nitrogen and oxygen atoms in total. The predicted octanol–water partition coefficient (Wildman–Crippen LogP) is 2.22. The zero-order chi connectivity index (χ0) is 18.3. The van der Waals surface area contributed by atoms with Gasteiger partial charge in [0.15, 0.2) is 0 Å². The second-order valence-corrected chi connectivity index (χ2v) is 6.11. The van der Waals surface area contributed by atoms with Gasteiger partial charge in [0.25, 0.3) is 5.91 Å². The summed E-state index contributed by atoms with van der Waals surface area (Å²) in [4.78, 5) is 39.4. The van der Waals surface area contributed by atoms with E-state index < -0.39 is 0 Å². The normalized spacial score (nSPS) is 11.5. The highest BCUT2D eigenvalue weighted by atomic mass is 16.2.